The van der Waals surface area contributed by atoms with Crippen LogP contribution in [0.1, 0.15) is 23.4 Å². The van der Waals surface area contributed by atoms with Gasteiger partial charge < -0.3 is 9.88 Å². The highest BCUT2D eigenvalue weighted by atomic mass is 32.2. The molecule has 0 unspecified atom stereocenters. The maximum Gasteiger partial charge on any atom is 0.234 e. The minimum atomic E-state index is -2.89. The van der Waals surface area contributed by atoms with Gasteiger partial charge in [0.2, 0.25) is 5.91 Å². The lowest BCUT2D eigenvalue weighted by molar-refractivity contribution is -0.113. The van der Waals surface area contributed by atoms with Crippen molar-refractivity contribution in [3.63, 3.8) is 0 Å². The number of anilines is 1. The second-order valence-electron chi connectivity index (χ2n) is 7.14. The molecule has 27 heavy (non-hydrogen) atoms. The summed E-state index contributed by atoms with van der Waals surface area (Å²) in [5.41, 5.74) is 2.99. The van der Waals surface area contributed by atoms with Gasteiger partial charge in [-0.2, -0.15) is 0 Å². The van der Waals surface area contributed by atoms with Gasteiger partial charge in [-0.15, -0.1) is 10.2 Å². The van der Waals surface area contributed by atoms with E-state index in [-0.39, 0.29) is 29.1 Å². The van der Waals surface area contributed by atoms with E-state index in [9.17, 15) is 13.2 Å². The van der Waals surface area contributed by atoms with Crippen molar-refractivity contribution in [3.8, 4) is 0 Å². The van der Waals surface area contributed by atoms with E-state index in [0.29, 0.717) is 18.0 Å². The minimum absolute atomic E-state index is 0.101. The van der Waals surface area contributed by atoms with E-state index in [1.54, 1.807) is 0 Å². The fourth-order valence-corrected chi connectivity index (χ4v) is 5.91. The number of aromatic nitrogens is 3. The van der Waals surface area contributed by atoms with Crippen molar-refractivity contribution < 1.29 is 13.2 Å². The summed E-state index contributed by atoms with van der Waals surface area (Å²) in [5.74, 6) is 1.47. The van der Waals surface area contributed by atoms with E-state index in [1.165, 1.54) is 11.8 Å². The van der Waals surface area contributed by atoms with Crippen molar-refractivity contribution in [2.24, 2.45) is 13.0 Å². The first-order valence-electron chi connectivity index (χ1n) is 8.81. The van der Waals surface area contributed by atoms with Crippen LogP contribution in [0.4, 0.5) is 5.69 Å². The van der Waals surface area contributed by atoms with E-state index in [0.717, 1.165) is 22.6 Å². The topological polar surface area (TPSA) is 94.0 Å². The van der Waals surface area contributed by atoms with Gasteiger partial charge in [0.05, 0.1) is 17.3 Å². The van der Waals surface area contributed by atoms with Gasteiger partial charge in [-0.3, -0.25) is 4.79 Å². The lowest BCUT2D eigenvalue weighted by Gasteiger charge is -2.08. The van der Waals surface area contributed by atoms with E-state index < -0.39 is 9.84 Å². The van der Waals surface area contributed by atoms with Crippen LogP contribution in [0.25, 0.3) is 0 Å². The molecule has 0 saturated carbocycles. The number of carbonyl (C=O) groups is 1. The van der Waals surface area contributed by atoms with E-state index in [2.05, 4.69) is 21.6 Å². The number of nitrogens with zero attached hydrogens (tertiary/aromatic N) is 3. The Kier molecular flexibility index (Phi) is 5.90. The molecule has 1 aromatic heterocycles. The summed E-state index contributed by atoms with van der Waals surface area (Å²) in [6.45, 7) is 3.99. The maximum atomic E-state index is 12.2. The van der Waals surface area contributed by atoms with Crippen molar-refractivity contribution in [3.05, 3.63) is 35.2 Å². The van der Waals surface area contributed by atoms with E-state index in [4.69, 9.17) is 0 Å². The average Bonchev–Trinajstić information content (AvgIpc) is 3.07. The minimum Gasteiger partial charge on any atom is -0.325 e. The molecular formula is C18H24N4O3S2. The smallest absolute Gasteiger partial charge is 0.234 e. The van der Waals surface area contributed by atoms with Crippen LogP contribution < -0.4 is 5.32 Å². The monoisotopic (exact) mass is 408 g/mol. The second kappa shape index (κ2) is 8.02. The van der Waals surface area contributed by atoms with Gasteiger partial charge in [0.25, 0.3) is 0 Å². The summed E-state index contributed by atoms with van der Waals surface area (Å²) >= 11 is 1.32. The number of amides is 1. The third kappa shape index (κ3) is 5.32. The first-order chi connectivity index (χ1) is 12.7. The predicted octanol–water partition coefficient (Wildman–Crippen LogP) is 2.14. The van der Waals surface area contributed by atoms with Gasteiger partial charge in [-0.05, 0) is 49.4 Å². The zero-order valence-corrected chi connectivity index (χ0v) is 17.4. The number of sulfone groups is 1. The number of thioether (sulfide) groups is 1. The molecule has 2 aromatic rings. The third-order valence-electron chi connectivity index (χ3n) is 4.56. The number of nitrogens with one attached hydrogen (secondary N) is 1. The Balaban J connectivity index is 1.55. The summed E-state index contributed by atoms with van der Waals surface area (Å²) in [6, 6.07) is 5.93. The molecule has 1 aliphatic heterocycles. The Labute approximate surface area is 163 Å². The maximum absolute atomic E-state index is 12.2. The van der Waals surface area contributed by atoms with Crippen LogP contribution in [-0.2, 0) is 28.1 Å². The standard InChI is InChI=1S/C18H24N4O3S2/c1-12-6-13(2)8-15(7-12)19-17(23)10-26-18-21-20-16(22(18)3)9-14-4-5-27(24,25)11-14/h6-8,14H,4-5,9-11H2,1-3H3,(H,19,23)/t14-/m0/s1. The van der Waals surface area contributed by atoms with Crippen molar-refractivity contribution >= 4 is 33.2 Å². The fourth-order valence-electron chi connectivity index (χ4n) is 3.31. The number of hydrogen-bond acceptors (Lipinski definition) is 6. The van der Waals surface area contributed by atoms with Crippen LogP contribution in [0.5, 0.6) is 0 Å². The summed E-state index contributed by atoms with van der Waals surface area (Å²) in [4.78, 5) is 12.2. The van der Waals surface area contributed by atoms with Crippen LogP contribution in [0, 0.1) is 19.8 Å². The van der Waals surface area contributed by atoms with Crippen LogP contribution in [0.2, 0.25) is 0 Å². The SMILES string of the molecule is Cc1cc(C)cc(NC(=O)CSc2nnc(C[C@@H]3CCS(=O)(=O)C3)n2C)c1. The molecule has 2 heterocycles. The summed E-state index contributed by atoms with van der Waals surface area (Å²) in [7, 11) is -1.04. The quantitative estimate of drug-likeness (QED) is 0.736. The van der Waals surface area contributed by atoms with Crippen LogP contribution in [0.3, 0.4) is 0 Å². The molecule has 1 saturated heterocycles. The molecular weight excluding hydrogens is 384 g/mol. The number of hydrogen-bond donors (Lipinski definition) is 1. The molecule has 1 aromatic carbocycles. The first kappa shape index (κ1) is 19.9. The van der Waals surface area contributed by atoms with Gasteiger partial charge in [-0.25, -0.2) is 8.42 Å². The molecule has 1 N–H and O–H groups in total. The second-order valence-corrected chi connectivity index (χ2v) is 10.3. The lowest BCUT2D eigenvalue weighted by Crippen LogP contribution is -2.15. The summed E-state index contributed by atoms with van der Waals surface area (Å²) in [6.07, 6.45) is 1.27. The fraction of sp³-hybridized carbons (Fsp3) is 0.500. The Bertz CT molecular complexity index is 933. The van der Waals surface area contributed by atoms with Crippen molar-refractivity contribution in [2.45, 2.75) is 31.8 Å². The molecule has 1 aliphatic rings. The largest absolute Gasteiger partial charge is 0.325 e. The summed E-state index contributed by atoms with van der Waals surface area (Å²) in [5, 5.41) is 11.9. The zero-order chi connectivity index (χ0) is 19.6. The Morgan fingerprint density at radius 3 is 2.59 bits per heavy atom. The van der Waals surface area contributed by atoms with Gasteiger partial charge >= 0.3 is 0 Å². The number of benzene rings is 1. The predicted molar refractivity (Wildman–Crippen MR) is 107 cm³/mol. The Morgan fingerprint density at radius 1 is 1.26 bits per heavy atom. The molecule has 7 nitrogen and oxygen atoms in total. The Morgan fingerprint density at radius 2 is 1.96 bits per heavy atom. The van der Waals surface area contributed by atoms with E-state index in [1.807, 2.05) is 37.6 Å². The van der Waals surface area contributed by atoms with Crippen LogP contribution in [-0.4, -0.2) is 46.3 Å². The third-order valence-corrected chi connectivity index (χ3v) is 7.42. The lowest BCUT2D eigenvalue weighted by atomic mass is 10.1. The zero-order valence-electron chi connectivity index (χ0n) is 15.7. The molecule has 0 radical (unpaired) electrons. The van der Waals surface area contributed by atoms with Crippen molar-refractivity contribution in [1.29, 1.82) is 0 Å². The highest BCUT2D eigenvalue weighted by Crippen LogP contribution is 2.24. The molecule has 1 amide bonds. The molecule has 9 heteroatoms. The summed E-state index contributed by atoms with van der Waals surface area (Å²) < 4.78 is 25.0. The number of aryl methyl sites for hydroxylation is 2. The highest BCUT2D eigenvalue weighted by molar-refractivity contribution is 7.99. The molecule has 3 rings (SSSR count). The number of rotatable bonds is 6. The molecule has 0 aliphatic carbocycles. The van der Waals surface area contributed by atoms with Crippen molar-refractivity contribution in [2.75, 3.05) is 22.6 Å². The van der Waals surface area contributed by atoms with Gasteiger partial charge in [-0.1, -0.05) is 17.8 Å². The molecule has 0 bridgehead atoms. The Hall–Kier alpha value is -1.87. The molecule has 1 atom stereocenters. The molecule has 1 fully saturated rings. The van der Waals surface area contributed by atoms with E-state index >= 15 is 0 Å². The highest BCUT2D eigenvalue weighted by Gasteiger charge is 2.29. The first-order valence-corrected chi connectivity index (χ1v) is 11.6. The normalized spacial score (nSPS) is 18.6. The van der Waals surface area contributed by atoms with Gasteiger partial charge in [0.15, 0.2) is 15.0 Å². The average molecular weight is 409 g/mol. The van der Waals surface area contributed by atoms with Gasteiger partial charge in [0, 0.05) is 19.2 Å². The van der Waals surface area contributed by atoms with Crippen LogP contribution >= 0.6 is 11.8 Å². The molecule has 0 spiro atoms. The van der Waals surface area contributed by atoms with Crippen LogP contribution in [0.15, 0.2) is 23.4 Å². The molecule has 146 valence electrons. The van der Waals surface area contributed by atoms with Crippen molar-refractivity contribution in [1.82, 2.24) is 14.8 Å². The number of carbonyl (C=O) groups excluding carboxylic acids is 1. The van der Waals surface area contributed by atoms with Gasteiger partial charge in [0.1, 0.15) is 5.82 Å².